The van der Waals surface area contributed by atoms with Gasteiger partial charge in [0.2, 0.25) is 0 Å². The van der Waals surface area contributed by atoms with E-state index in [4.69, 9.17) is 0 Å². The molecule has 0 nitrogen and oxygen atoms in total. The van der Waals surface area contributed by atoms with Gasteiger partial charge < -0.3 is 0 Å². The van der Waals surface area contributed by atoms with Gasteiger partial charge in [0.05, 0.1) is 0 Å². The van der Waals surface area contributed by atoms with E-state index < -0.39 is 0 Å². The Balaban J connectivity index is 1.84. The molecule has 0 aliphatic rings. The number of rotatable bonds is 5. The number of hydrogen-bond acceptors (Lipinski definition) is 0. The average molecular weight is 317 g/mol. The van der Waals surface area contributed by atoms with Crippen molar-refractivity contribution < 1.29 is 0 Å². The summed E-state index contributed by atoms with van der Waals surface area (Å²) in [4.78, 5) is 0.552. The minimum atomic E-state index is 0.552. The van der Waals surface area contributed by atoms with E-state index in [0.717, 1.165) is 12.8 Å². The molecule has 1 unspecified atom stereocenters. The zero-order chi connectivity index (χ0) is 13.7. The zero-order valence-electron chi connectivity index (χ0n) is 11.7. The number of benzene rings is 2. The molecule has 0 radical (unpaired) electrons. The van der Waals surface area contributed by atoms with Gasteiger partial charge >= 0.3 is 0 Å². The first-order valence-electron chi connectivity index (χ1n) is 6.88. The molecule has 0 spiro atoms. The Morgan fingerprint density at radius 1 is 0.895 bits per heavy atom. The van der Waals surface area contributed by atoms with Crippen molar-refractivity contribution >= 4 is 15.9 Å². The van der Waals surface area contributed by atoms with Crippen LogP contribution in [0, 0.1) is 13.8 Å². The van der Waals surface area contributed by atoms with Crippen LogP contribution in [-0.2, 0) is 12.8 Å². The molecule has 2 aromatic carbocycles. The third-order valence-corrected chi connectivity index (χ3v) is 4.19. The summed E-state index contributed by atoms with van der Waals surface area (Å²) in [6.07, 6.45) is 3.42. The maximum Gasteiger partial charge on any atom is 0.0189 e. The molecule has 0 saturated carbocycles. The van der Waals surface area contributed by atoms with E-state index in [1.54, 1.807) is 0 Å². The molecule has 1 heteroatoms. The second-order valence-electron chi connectivity index (χ2n) is 5.31. The predicted molar refractivity (Wildman–Crippen MR) is 87.1 cm³/mol. The highest BCUT2D eigenvalue weighted by Gasteiger charge is 2.06. The van der Waals surface area contributed by atoms with E-state index in [-0.39, 0.29) is 0 Å². The van der Waals surface area contributed by atoms with Crippen molar-refractivity contribution in [3.8, 4) is 0 Å². The summed E-state index contributed by atoms with van der Waals surface area (Å²) in [6.45, 7) is 4.29. The van der Waals surface area contributed by atoms with Crippen molar-refractivity contribution in [2.45, 2.75) is 37.9 Å². The molecule has 19 heavy (non-hydrogen) atoms. The SMILES string of the molecule is Cc1ccc(CC(Br)CCc2cccc(C)c2)cc1. The molecular weight excluding hydrogens is 296 g/mol. The summed E-state index contributed by atoms with van der Waals surface area (Å²) in [5.41, 5.74) is 5.53. The fourth-order valence-corrected chi connectivity index (χ4v) is 2.88. The first-order chi connectivity index (χ1) is 9.13. The first kappa shape index (κ1) is 14.3. The molecule has 0 amide bonds. The molecule has 0 heterocycles. The summed E-state index contributed by atoms with van der Waals surface area (Å²) in [5.74, 6) is 0. The van der Waals surface area contributed by atoms with E-state index >= 15 is 0 Å². The maximum atomic E-state index is 3.81. The van der Waals surface area contributed by atoms with E-state index in [1.165, 1.54) is 28.7 Å². The lowest BCUT2D eigenvalue weighted by Gasteiger charge is -2.10. The monoisotopic (exact) mass is 316 g/mol. The standard InChI is InChI=1S/C18H21Br/c1-14-6-8-17(9-7-14)13-18(19)11-10-16-5-3-4-15(2)12-16/h3-9,12,18H,10-11,13H2,1-2H3. The van der Waals surface area contributed by atoms with Crippen LogP contribution in [0.2, 0.25) is 0 Å². The molecular formula is C18H21Br. The Bertz CT molecular complexity index is 513. The van der Waals surface area contributed by atoms with Crippen LogP contribution in [0.25, 0.3) is 0 Å². The van der Waals surface area contributed by atoms with Gasteiger partial charge in [-0.1, -0.05) is 75.6 Å². The van der Waals surface area contributed by atoms with E-state index in [0.29, 0.717) is 4.83 Å². The van der Waals surface area contributed by atoms with Crippen molar-refractivity contribution in [1.29, 1.82) is 0 Å². The van der Waals surface area contributed by atoms with Crippen molar-refractivity contribution in [2.24, 2.45) is 0 Å². The van der Waals surface area contributed by atoms with Crippen LogP contribution in [0.1, 0.15) is 28.7 Å². The minimum absolute atomic E-state index is 0.552. The Labute approximate surface area is 125 Å². The number of aryl methyl sites for hydroxylation is 3. The number of alkyl halides is 1. The largest absolute Gasteiger partial charge is 0.0887 e. The molecule has 0 aromatic heterocycles. The molecule has 0 aliphatic heterocycles. The molecule has 0 bridgehead atoms. The second-order valence-corrected chi connectivity index (χ2v) is 6.61. The second kappa shape index (κ2) is 6.91. The molecule has 0 fully saturated rings. The van der Waals surface area contributed by atoms with E-state index in [2.05, 4.69) is 78.3 Å². The fraction of sp³-hybridized carbons (Fsp3) is 0.333. The molecule has 0 N–H and O–H groups in total. The normalized spacial score (nSPS) is 12.4. The van der Waals surface area contributed by atoms with Gasteiger partial charge in [0.25, 0.3) is 0 Å². The van der Waals surface area contributed by atoms with Crippen LogP contribution in [-0.4, -0.2) is 4.83 Å². The maximum absolute atomic E-state index is 3.81. The van der Waals surface area contributed by atoms with Gasteiger partial charge in [0.15, 0.2) is 0 Å². The van der Waals surface area contributed by atoms with Crippen LogP contribution in [0.15, 0.2) is 48.5 Å². The predicted octanol–water partition coefficient (Wildman–Crippen LogP) is 5.24. The third-order valence-electron chi connectivity index (χ3n) is 3.41. The third kappa shape index (κ3) is 4.83. The van der Waals surface area contributed by atoms with Crippen LogP contribution >= 0.6 is 15.9 Å². The topological polar surface area (TPSA) is 0 Å². The van der Waals surface area contributed by atoms with Gasteiger partial charge in [0.1, 0.15) is 0 Å². The van der Waals surface area contributed by atoms with Gasteiger partial charge in [0, 0.05) is 4.83 Å². The highest BCUT2D eigenvalue weighted by molar-refractivity contribution is 9.09. The van der Waals surface area contributed by atoms with Crippen molar-refractivity contribution in [3.05, 3.63) is 70.8 Å². The van der Waals surface area contributed by atoms with Gasteiger partial charge in [-0.25, -0.2) is 0 Å². The fourth-order valence-electron chi connectivity index (χ4n) is 2.27. The van der Waals surface area contributed by atoms with Crippen molar-refractivity contribution in [2.75, 3.05) is 0 Å². The lowest BCUT2D eigenvalue weighted by Crippen LogP contribution is -2.04. The van der Waals surface area contributed by atoms with Crippen LogP contribution in [0.5, 0.6) is 0 Å². The van der Waals surface area contributed by atoms with Crippen LogP contribution in [0.4, 0.5) is 0 Å². The highest BCUT2D eigenvalue weighted by atomic mass is 79.9. The first-order valence-corrected chi connectivity index (χ1v) is 7.80. The summed E-state index contributed by atoms with van der Waals surface area (Å²) < 4.78 is 0. The van der Waals surface area contributed by atoms with Crippen LogP contribution < -0.4 is 0 Å². The summed E-state index contributed by atoms with van der Waals surface area (Å²) in [6, 6.07) is 17.7. The van der Waals surface area contributed by atoms with Crippen molar-refractivity contribution in [1.82, 2.24) is 0 Å². The van der Waals surface area contributed by atoms with Crippen molar-refractivity contribution in [3.63, 3.8) is 0 Å². The molecule has 0 saturated heterocycles. The van der Waals surface area contributed by atoms with Gasteiger partial charge in [-0.05, 0) is 44.2 Å². The highest BCUT2D eigenvalue weighted by Crippen LogP contribution is 2.17. The van der Waals surface area contributed by atoms with Gasteiger partial charge in [-0.2, -0.15) is 0 Å². The summed E-state index contributed by atoms with van der Waals surface area (Å²) in [5, 5.41) is 0. The number of hydrogen-bond donors (Lipinski definition) is 0. The Morgan fingerprint density at radius 2 is 1.63 bits per heavy atom. The quantitative estimate of drug-likeness (QED) is 0.661. The molecule has 0 aliphatic carbocycles. The smallest absolute Gasteiger partial charge is 0.0189 e. The lowest BCUT2D eigenvalue weighted by atomic mass is 10.0. The minimum Gasteiger partial charge on any atom is -0.0887 e. The van der Waals surface area contributed by atoms with E-state index in [1.807, 2.05) is 0 Å². The van der Waals surface area contributed by atoms with Crippen LogP contribution in [0.3, 0.4) is 0 Å². The summed E-state index contributed by atoms with van der Waals surface area (Å²) in [7, 11) is 0. The molecule has 2 aromatic rings. The summed E-state index contributed by atoms with van der Waals surface area (Å²) >= 11 is 3.81. The van der Waals surface area contributed by atoms with E-state index in [9.17, 15) is 0 Å². The number of halogens is 1. The Kier molecular flexibility index (Phi) is 5.21. The lowest BCUT2D eigenvalue weighted by molar-refractivity contribution is 0.763. The Morgan fingerprint density at radius 3 is 2.32 bits per heavy atom. The molecule has 2 rings (SSSR count). The Hall–Kier alpha value is -1.08. The average Bonchev–Trinajstić information content (AvgIpc) is 2.39. The molecule has 100 valence electrons. The zero-order valence-corrected chi connectivity index (χ0v) is 13.3. The van der Waals surface area contributed by atoms with Gasteiger partial charge in [-0.3, -0.25) is 0 Å². The molecule has 1 atom stereocenters. The van der Waals surface area contributed by atoms with Gasteiger partial charge in [-0.15, -0.1) is 0 Å².